The van der Waals surface area contributed by atoms with Gasteiger partial charge in [0.25, 0.3) is 0 Å². The highest BCUT2D eigenvalue weighted by Gasteiger charge is 2.36. The number of aryl methyl sites for hydroxylation is 1. The van der Waals surface area contributed by atoms with Crippen LogP contribution in [0.1, 0.15) is 24.0 Å². The number of hydrogen-bond donors (Lipinski definition) is 2. The third-order valence-electron chi connectivity index (χ3n) is 5.03. The summed E-state index contributed by atoms with van der Waals surface area (Å²) in [5.41, 5.74) is 2.94. The van der Waals surface area contributed by atoms with E-state index in [-0.39, 0.29) is 17.5 Å². The van der Waals surface area contributed by atoms with Crippen molar-refractivity contribution in [3.05, 3.63) is 65.6 Å². The number of para-hydroxylation sites is 1. The summed E-state index contributed by atoms with van der Waals surface area (Å²) in [5, 5.41) is 3.67. The predicted octanol–water partition coefficient (Wildman–Crippen LogP) is 3.75. The molecule has 1 unspecified atom stereocenters. The zero-order valence-electron chi connectivity index (χ0n) is 15.0. The van der Waals surface area contributed by atoms with E-state index in [0.717, 1.165) is 22.0 Å². The topological polar surface area (TPSA) is 65.2 Å². The summed E-state index contributed by atoms with van der Waals surface area (Å²) < 4.78 is 14.0. The van der Waals surface area contributed by atoms with Gasteiger partial charge in [0.15, 0.2) is 0 Å². The Morgan fingerprint density at radius 1 is 1.30 bits per heavy atom. The lowest BCUT2D eigenvalue weighted by Crippen LogP contribution is -2.41. The Balaban J connectivity index is 1.56. The predicted molar refractivity (Wildman–Crippen MR) is 102 cm³/mol. The Morgan fingerprint density at radius 3 is 2.96 bits per heavy atom. The number of hydrogen-bond acceptors (Lipinski definition) is 2. The molecule has 1 aromatic heterocycles. The number of amides is 2. The minimum atomic E-state index is -0.605. The molecule has 1 saturated heterocycles. The fourth-order valence-corrected chi connectivity index (χ4v) is 3.60. The maximum atomic E-state index is 14.0. The summed E-state index contributed by atoms with van der Waals surface area (Å²) >= 11 is 0. The molecule has 3 aromatic rings. The monoisotopic (exact) mass is 365 g/mol. The quantitative estimate of drug-likeness (QED) is 0.740. The molecule has 0 saturated carbocycles. The standard InChI is InChI=1S/C21H20FN3O2/c1-13-6-7-16(22)18(10-13)24-21(27)19-8-9-20(26)25(19)12-14-11-23-17-5-3-2-4-15(14)17/h2-7,10-11,19,23H,8-9,12H2,1H3,(H,24,27). The molecule has 4 rings (SSSR count). The zero-order valence-corrected chi connectivity index (χ0v) is 15.0. The van der Waals surface area contributed by atoms with Gasteiger partial charge in [-0.15, -0.1) is 0 Å². The Morgan fingerprint density at radius 2 is 2.11 bits per heavy atom. The molecule has 0 bridgehead atoms. The van der Waals surface area contributed by atoms with Crippen molar-refractivity contribution in [3.8, 4) is 0 Å². The van der Waals surface area contributed by atoms with Crippen LogP contribution in [0, 0.1) is 12.7 Å². The van der Waals surface area contributed by atoms with Crippen LogP contribution < -0.4 is 5.32 Å². The lowest BCUT2D eigenvalue weighted by atomic mass is 10.1. The summed E-state index contributed by atoms with van der Waals surface area (Å²) in [4.78, 5) is 29.9. The highest BCUT2D eigenvalue weighted by Crippen LogP contribution is 2.27. The maximum Gasteiger partial charge on any atom is 0.247 e. The molecule has 1 fully saturated rings. The molecular formula is C21H20FN3O2. The average Bonchev–Trinajstić information content (AvgIpc) is 3.23. The molecule has 27 heavy (non-hydrogen) atoms. The first kappa shape index (κ1) is 17.3. The molecular weight excluding hydrogens is 345 g/mol. The largest absolute Gasteiger partial charge is 0.361 e. The van der Waals surface area contributed by atoms with Crippen LogP contribution in [0.15, 0.2) is 48.7 Å². The van der Waals surface area contributed by atoms with Crippen LogP contribution >= 0.6 is 0 Å². The summed E-state index contributed by atoms with van der Waals surface area (Å²) in [6, 6.07) is 11.8. The number of nitrogens with zero attached hydrogens (tertiary/aromatic N) is 1. The highest BCUT2D eigenvalue weighted by molar-refractivity contribution is 5.99. The first-order valence-electron chi connectivity index (χ1n) is 8.94. The van der Waals surface area contributed by atoms with Gasteiger partial charge in [0.2, 0.25) is 11.8 Å². The number of carbonyl (C=O) groups is 2. The molecule has 1 atom stereocenters. The maximum absolute atomic E-state index is 14.0. The molecule has 1 aliphatic rings. The molecule has 0 spiro atoms. The molecule has 138 valence electrons. The summed E-state index contributed by atoms with van der Waals surface area (Å²) in [6.45, 7) is 2.18. The second kappa shape index (κ2) is 6.87. The van der Waals surface area contributed by atoms with Crippen LogP contribution in [0.3, 0.4) is 0 Å². The van der Waals surface area contributed by atoms with Crippen LogP contribution in [-0.2, 0) is 16.1 Å². The number of nitrogens with one attached hydrogen (secondary N) is 2. The number of H-pyrrole nitrogens is 1. The van der Waals surface area contributed by atoms with Crippen molar-refractivity contribution >= 4 is 28.4 Å². The van der Waals surface area contributed by atoms with E-state index in [1.165, 1.54) is 6.07 Å². The third kappa shape index (κ3) is 3.30. The van der Waals surface area contributed by atoms with Crippen molar-refractivity contribution in [2.75, 3.05) is 5.32 Å². The van der Waals surface area contributed by atoms with Crippen LogP contribution in [-0.4, -0.2) is 27.7 Å². The number of anilines is 1. The number of carbonyl (C=O) groups excluding carboxylic acids is 2. The van der Waals surface area contributed by atoms with E-state index in [0.29, 0.717) is 19.4 Å². The molecule has 2 N–H and O–H groups in total. The van der Waals surface area contributed by atoms with E-state index in [4.69, 9.17) is 0 Å². The number of benzene rings is 2. The van der Waals surface area contributed by atoms with Crippen molar-refractivity contribution in [1.29, 1.82) is 0 Å². The summed E-state index contributed by atoms with van der Waals surface area (Å²) in [7, 11) is 0. The molecule has 0 aliphatic carbocycles. The van der Waals surface area contributed by atoms with Gasteiger partial charge in [0.1, 0.15) is 11.9 Å². The van der Waals surface area contributed by atoms with Gasteiger partial charge in [0.05, 0.1) is 5.69 Å². The van der Waals surface area contributed by atoms with Crippen LogP contribution in [0.4, 0.5) is 10.1 Å². The van der Waals surface area contributed by atoms with Gasteiger partial charge in [-0.3, -0.25) is 9.59 Å². The Kier molecular flexibility index (Phi) is 4.39. The number of halogens is 1. The first-order chi connectivity index (χ1) is 13.0. The number of likely N-dealkylation sites (tertiary alicyclic amines) is 1. The lowest BCUT2D eigenvalue weighted by Gasteiger charge is -2.24. The minimum Gasteiger partial charge on any atom is -0.361 e. The average molecular weight is 365 g/mol. The van der Waals surface area contributed by atoms with Gasteiger partial charge in [-0.2, -0.15) is 0 Å². The zero-order chi connectivity index (χ0) is 19.0. The molecule has 6 heteroatoms. The molecule has 2 aromatic carbocycles. The van der Waals surface area contributed by atoms with E-state index in [9.17, 15) is 14.0 Å². The Labute approximate surface area is 156 Å². The van der Waals surface area contributed by atoms with Crippen LogP contribution in [0.25, 0.3) is 10.9 Å². The van der Waals surface area contributed by atoms with Crippen molar-refractivity contribution < 1.29 is 14.0 Å². The molecule has 2 heterocycles. The fourth-order valence-electron chi connectivity index (χ4n) is 3.60. The van der Waals surface area contributed by atoms with Gasteiger partial charge < -0.3 is 15.2 Å². The third-order valence-corrected chi connectivity index (χ3v) is 5.03. The highest BCUT2D eigenvalue weighted by atomic mass is 19.1. The second-order valence-corrected chi connectivity index (χ2v) is 6.91. The number of aromatic nitrogens is 1. The van der Waals surface area contributed by atoms with Crippen molar-refractivity contribution in [2.45, 2.75) is 32.4 Å². The normalized spacial score (nSPS) is 16.9. The van der Waals surface area contributed by atoms with Gasteiger partial charge in [0, 0.05) is 30.1 Å². The Hall–Kier alpha value is -3.15. The van der Waals surface area contributed by atoms with Gasteiger partial charge in [-0.25, -0.2) is 4.39 Å². The van der Waals surface area contributed by atoms with Gasteiger partial charge in [-0.1, -0.05) is 24.3 Å². The molecule has 5 nitrogen and oxygen atoms in total. The van der Waals surface area contributed by atoms with Crippen LogP contribution in [0.2, 0.25) is 0 Å². The van der Waals surface area contributed by atoms with E-state index < -0.39 is 11.9 Å². The molecule has 2 amide bonds. The van der Waals surface area contributed by atoms with Gasteiger partial charge >= 0.3 is 0 Å². The Bertz CT molecular complexity index is 1030. The van der Waals surface area contributed by atoms with E-state index in [1.807, 2.05) is 37.4 Å². The van der Waals surface area contributed by atoms with E-state index in [1.54, 1.807) is 17.0 Å². The van der Waals surface area contributed by atoms with E-state index in [2.05, 4.69) is 10.3 Å². The summed E-state index contributed by atoms with van der Waals surface area (Å²) in [6.07, 6.45) is 2.61. The first-order valence-corrected chi connectivity index (χ1v) is 8.94. The molecule has 1 aliphatic heterocycles. The van der Waals surface area contributed by atoms with E-state index >= 15 is 0 Å². The summed E-state index contributed by atoms with van der Waals surface area (Å²) in [5.74, 6) is -0.906. The lowest BCUT2D eigenvalue weighted by molar-refractivity contribution is -0.133. The number of fused-ring (bicyclic) bond motifs is 1. The van der Waals surface area contributed by atoms with Crippen molar-refractivity contribution in [1.82, 2.24) is 9.88 Å². The van der Waals surface area contributed by atoms with Crippen LogP contribution in [0.5, 0.6) is 0 Å². The SMILES string of the molecule is Cc1ccc(F)c(NC(=O)C2CCC(=O)N2Cc2c[nH]c3ccccc23)c1. The minimum absolute atomic E-state index is 0.0647. The number of aromatic amines is 1. The fraction of sp³-hybridized carbons (Fsp3) is 0.238. The second-order valence-electron chi connectivity index (χ2n) is 6.91. The number of rotatable bonds is 4. The molecule has 0 radical (unpaired) electrons. The van der Waals surface area contributed by atoms with Crippen molar-refractivity contribution in [2.24, 2.45) is 0 Å². The van der Waals surface area contributed by atoms with Crippen molar-refractivity contribution in [3.63, 3.8) is 0 Å². The smallest absolute Gasteiger partial charge is 0.247 e. The van der Waals surface area contributed by atoms with Gasteiger partial charge in [-0.05, 0) is 42.7 Å².